The number of carbonyl (C=O) groups excluding carboxylic acids is 1. The van der Waals surface area contributed by atoms with Crippen LogP contribution in [0.1, 0.15) is 31.2 Å². The SMILES string of the molecule is O=C(NCC(O)C1CCCC1)C1CN(Cc2ccccc2)CCO1. The molecule has 1 aliphatic heterocycles. The Balaban J connectivity index is 1.44. The van der Waals surface area contributed by atoms with Crippen molar-refractivity contribution in [2.75, 3.05) is 26.2 Å². The molecule has 2 N–H and O–H groups in total. The van der Waals surface area contributed by atoms with Crippen LogP contribution in [0.15, 0.2) is 30.3 Å². The van der Waals surface area contributed by atoms with Crippen LogP contribution in [0.4, 0.5) is 0 Å². The first kappa shape index (κ1) is 17.4. The summed E-state index contributed by atoms with van der Waals surface area (Å²) in [6.45, 7) is 3.17. The van der Waals surface area contributed by atoms with Gasteiger partial charge in [-0.05, 0) is 24.3 Å². The summed E-state index contributed by atoms with van der Waals surface area (Å²) in [5.41, 5.74) is 1.25. The van der Waals surface area contributed by atoms with E-state index in [2.05, 4.69) is 22.3 Å². The fourth-order valence-electron chi connectivity index (χ4n) is 3.67. The Morgan fingerprint density at radius 1 is 1.29 bits per heavy atom. The molecule has 0 spiro atoms. The van der Waals surface area contributed by atoms with Crippen LogP contribution in [-0.4, -0.2) is 54.4 Å². The highest BCUT2D eigenvalue weighted by atomic mass is 16.5. The van der Waals surface area contributed by atoms with Gasteiger partial charge in [0.2, 0.25) is 0 Å². The quantitative estimate of drug-likeness (QED) is 0.830. The molecule has 132 valence electrons. The van der Waals surface area contributed by atoms with E-state index in [1.807, 2.05) is 18.2 Å². The zero-order chi connectivity index (χ0) is 16.8. The number of rotatable bonds is 6. The standard InChI is InChI=1S/C19H28N2O3/c22-17(16-8-4-5-9-16)12-20-19(23)18-14-21(10-11-24-18)13-15-6-2-1-3-7-15/h1-3,6-7,16-18,22H,4-5,8-14H2,(H,20,23). The van der Waals surface area contributed by atoms with Crippen LogP contribution >= 0.6 is 0 Å². The Hall–Kier alpha value is -1.43. The fourth-order valence-corrected chi connectivity index (χ4v) is 3.67. The summed E-state index contributed by atoms with van der Waals surface area (Å²) in [6, 6.07) is 10.3. The molecule has 1 amide bonds. The molecule has 2 atom stereocenters. The minimum atomic E-state index is -0.446. The second-order valence-corrected chi connectivity index (χ2v) is 6.94. The van der Waals surface area contributed by atoms with Crippen LogP contribution in [0.25, 0.3) is 0 Å². The molecule has 1 heterocycles. The lowest BCUT2D eigenvalue weighted by Gasteiger charge is -2.32. The molecule has 2 unspecified atom stereocenters. The van der Waals surface area contributed by atoms with Crippen molar-refractivity contribution in [3.8, 4) is 0 Å². The molecule has 1 saturated heterocycles. The van der Waals surface area contributed by atoms with Gasteiger partial charge in [-0.25, -0.2) is 0 Å². The van der Waals surface area contributed by atoms with E-state index in [1.54, 1.807) is 0 Å². The topological polar surface area (TPSA) is 61.8 Å². The van der Waals surface area contributed by atoms with Crippen LogP contribution in [0, 0.1) is 5.92 Å². The largest absolute Gasteiger partial charge is 0.391 e. The van der Waals surface area contributed by atoms with Crippen LogP contribution in [-0.2, 0) is 16.1 Å². The van der Waals surface area contributed by atoms with Gasteiger partial charge in [-0.1, -0.05) is 43.2 Å². The van der Waals surface area contributed by atoms with Crippen molar-refractivity contribution >= 4 is 5.91 Å². The molecule has 1 aromatic rings. The number of aliphatic hydroxyl groups excluding tert-OH is 1. The number of hydrogen-bond donors (Lipinski definition) is 2. The van der Waals surface area contributed by atoms with Gasteiger partial charge in [0.15, 0.2) is 0 Å². The molecular formula is C19H28N2O3. The molecule has 3 rings (SSSR count). The minimum Gasteiger partial charge on any atom is -0.391 e. The normalized spacial score (nSPS) is 24.0. The highest BCUT2D eigenvalue weighted by Gasteiger charge is 2.28. The van der Waals surface area contributed by atoms with Crippen molar-refractivity contribution in [1.82, 2.24) is 10.2 Å². The summed E-state index contributed by atoms with van der Waals surface area (Å²) in [6.07, 6.45) is 3.65. The van der Waals surface area contributed by atoms with Crippen LogP contribution < -0.4 is 5.32 Å². The zero-order valence-corrected chi connectivity index (χ0v) is 14.2. The van der Waals surface area contributed by atoms with Gasteiger partial charge in [0.05, 0.1) is 12.7 Å². The molecule has 2 aliphatic rings. The van der Waals surface area contributed by atoms with Crippen LogP contribution in [0.2, 0.25) is 0 Å². The number of hydrogen-bond acceptors (Lipinski definition) is 4. The summed E-state index contributed by atoms with van der Waals surface area (Å²) in [5.74, 6) is 0.233. The van der Waals surface area contributed by atoms with Gasteiger partial charge in [0, 0.05) is 26.2 Å². The highest BCUT2D eigenvalue weighted by Crippen LogP contribution is 2.27. The average Bonchev–Trinajstić information content (AvgIpc) is 3.15. The number of ether oxygens (including phenoxy) is 1. The van der Waals surface area contributed by atoms with Gasteiger partial charge in [0.25, 0.3) is 5.91 Å². The molecule has 0 bridgehead atoms. The number of amides is 1. The molecule has 5 nitrogen and oxygen atoms in total. The van der Waals surface area contributed by atoms with Gasteiger partial charge in [-0.2, -0.15) is 0 Å². The highest BCUT2D eigenvalue weighted by molar-refractivity contribution is 5.81. The van der Waals surface area contributed by atoms with Crippen molar-refractivity contribution in [2.24, 2.45) is 5.92 Å². The molecule has 2 fully saturated rings. The second-order valence-electron chi connectivity index (χ2n) is 6.94. The average molecular weight is 332 g/mol. The van der Waals surface area contributed by atoms with E-state index in [4.69, 9.17) is 4.74 Å². The van der Waals surface area contributed by atoms with Gasteiger partial charge < -0.3 is 15.2 Å². The minimum absolute atomic E-state index is 0.107. The Morgan fingerprint density at radius 3 is 2.79 bits per heavy atom. The molecular weight excluding hydrogens is 304 g/mol. The summed E-state index contributed by atoms with van der Waals surface area (Å²) in [7, 11) is 0. The van der Waals surface area contributed by atoms with Crippen LogP contribution in [0.5, 0.6) is 0 Å². The number of carbonyl (C=O) groups is 1. The van der Waals surface area contributed by atoms with Crippen molar-refractivity contribution in [3.05, 3.63) is 35.9 Å². The predicted molar refractivity (Wildman–Crippen MR) is 92.4 cm³/mol. The summed E-state index contributed by atoms with van der Waals surface area (Å²) >= 11 is 0. The van der Waals surface area contributed by atoms with E-state index in [9.17, 15) is 9.90 Å². The van der Waals surface area contributed by atoms with E-state index >= 15 is 0 Å². The number of benzene rings is 1. The fraction of sp³-hybridized carbons (Fsp3) is 0.632. The van der Waals surface area contributed by atoms with Gasteiger partial charge in [-0.15, -0.1) is 0 Å². The summed E-state index contributed by atoms with van der Waals surface area (Å²) in [5, 5.41) is 13.0. The lowest BCUT2D eigenvalue weighted by atomic mass is 10.0. The van der Waals surface area contributed by atoms with E-state index in [0.717, 1.165) is 25.9 Å². The Kier molecular flexibility index (Phi) is 6.24. The summed E-state index contributed by atoms with van der Waals surface area (Å²) in [4.78, 5) is 14.6. The van der Waals surface area contributed by atoms with Crippen molar-refractivity contribution in [2.45, 2.75) is 44.4 Å². The second kappa shape index (κ2) is 8.60. The van der Waals surface area contributed by atoms with Crippen molar-refractivity contribution in [3.63, 3.8) is 0 Å². The zero-order valence-electron chi connectivity index (χ0n) is 14.2. The van der Waals surface area contributed by atoms with E-state index in [0.29, 0.717) is 25.6 Å². The van der Waals surface area contributed by atoms with Crippen molar-refractivity contribution < 1.29 is 14.6 Å². The third-order valence-electron chi connectivity index (χ3n) is 5.12. The number of nitrogens with zero attached hydrogens (tertiary/aromatic N) is 1. The molecule has 0 aromatic heterocycles. The van der Waals surface area contributed by atoms with Gasteiger partial charge in [-0.3, -0.25) is 9.69 Å². The third kappa shape index (κ3) is 4.79. The lowest BCUT2D eigenvalue weighted by molar-refractivity contribution is -0.139. The lowest BCUT2D eigenvalue weighted by Crippen LogP contribution is -2.50. The van der Waals surface area contributed by atoms with E-state index < -0.39 is 12.2 Å². The maximum absolute atomic E-state index is 12.3. The van der Waals surface area contributed by atoms with Crippen molar-refractivity contribution in [1.29, 1.82) is 0 Å². The van der Waals surface area contributed by atoms with Gasteiger partial charge in [0.1, 0.15) is 6.10 Å². The Bertz CT molecular complexity index is 517. The number of aliphatic hydroxyl groups is 1. The molecule has 0 radical (unpaired) electrons. The smallest absolute Gasteiger partial charge is 0.250 e. The molecule has 24 heavy (non-hydrogen) atoms. The molecule has 5 heteroatoms. The number of nitrogens with one attached hydrogen (secondary N) is 1. The first-order valence-electron chi connectivity index (χ1n) is 9.06. The first-order chi connectivity index (χ1) is 11.7. The first-order valence-corrected chi connectivity index (χ1v) is 9.06. The van der Waals surface area contributed by atoms with E-state index in [1.165, 1.54) is 18.4 Å². The summed E-state index contributed by atoms with van der Waals surface area (Å²) < 4.78 is 5.63. The maximum atomic E-state index is 12.3. The Labute approximate surface area is 144 Å². The molecule has 1 saturated carbocycles. The predicted octanol–water partition coefficient (Wildman–Crippen LogP) is 1.55. The Morgan fingerprint density at radius 2 is 2.04 bits per heavy atom. The van der Waals surface area contributed by atoms with Crippen LogP contribution in [0.3, 0.4) is 0 Å². The third-order valence-corrected chi connectivity index (χ3v) is 5.12. The molecule has 1 aliphatic carbocycles. The molecule has 1 aromatic carbocycles. The number of morpholine rings is 1. The maximum Gasteiger partial charge on any atom is 0.250 e. The van der Waals surface area contributed by atoms with E-state index in [-0.39, 0.29) is 5.91 Å². The monoisotopic (exact) mass is 332 g/mol. The van der Waals surface area contributed by atoms with Gasteiger partial charge >= 0.3 is 0 Å².